The normalized spacial score (nSPS) is 10.5. The number of ether oxygens (including phenoxy) is 1. The average molecular weight is 342 g/mol. The number of benzene rings is 1. The van der Waals surface area contributed by atoms with Crippen molar-refractivity contribution in [2.75, 3.05) is 12.9 Å². The van der Waals surface area contributed by atoms with Crippen LogP contribution in [0.4, 0.5) is 0 Å². The molecule has 1 heterocycles. The minimum absolute atomic E-state index is 0.225. The smallest absolute Gasteiger partial charge is 0.316 e. The predicted octanol–water partition coefficient (Wildman–Crippen LogP) is 2.51. The highest BCUT2D eigenvalue weighted by atomic mass is 79.9. The van der Waals surface area contributed by atoms with Crippen LogP contribution in [-0.2, 0) is 16.6 Å². The van der Waals surface area contributed by atoms with E-state index in [1.54, 1.807) is 0 Å². The molecule has 0 fully saturated rings. The Kier molecular flexibility index (Phi) is 4.60. The number of carbonyl (C=O) groups is 1. The van der Waals surface area contributed by atoms with E-state index >= 15 is 0 Å². The van der Waals surface area contributed by atoms with E-state index in [9.17, 15) is 4.79 Å². The molecule has 2 aromatic rings. The highest BCUT2D eigenvalue weighted by molar-refractivity contribution is 9.10. The fraction of sp³-hybridized carbons (Fsp3) is 0.250. The summed E-state index contributed by atoms with van der Waals surface area (Å²) in [5.74, 6) is 0.709. The first-order valence-electron chi connectivity index (χ1n) is 5.46. The Morgan fingerprint density at radius 1 is 1.37 bits per heavy atom. The lowest BCUT2D eigenvalue weighted by molar-refractivity contribution is -0.137. The van der Waals surface area contributed by atoms with Crippen LogP contribution in [0.2, 0.25) is 0 Å². The Bertz CT molecular complexity index is 583. The summed E-state index contributed by atoms with van der Waals surface area (Å²) < 4.78 is 7.46. The van der Waals surface area contributed by atoms with Crippen LogP contribution in [0, 0.1) is 0 Å². The minimum Gasteiger partial charge on any atom is -0.468 e. The number of esters is 1. The minimum atomic E-state index is -0.279. The summed E-state index contributed by atoms with van der Waals surface area (Å²) in [6.07, 6.45) is 0. The molecule has 0 aliphatic carbocycles. The number of methoxy groups -OCH3 is 1. The second-order valence-corrected chi connectivity index (χ2v) is 5.60. The number of rotatable bonds is 4. The van der Waals surface area contributed by atoms with Crippen LogP contribution >= 0.6 is 27.7 Å². The van der Waals surface area contributed by atoms with Gasteiger partial charge < -0.3 is 9.30 Å². The standard InChI is InChI=1S/C12H12BrN3O2S/c1-16-11(8-3-5-9(13)6-4-8)14-15-12(16)19-7-10(17)18-2/h3-6H,7H2,1-2H3. The van der Waals surface area contributed by atoms with Crippen LogP contribution in [0.3, 0.4) is 0 Å². The molecule has 0 unspecified atom stereocenters. The number of aromatic nitrogens is 3. The van der Waals surface area contributed by atoms with Crippen molar-refractivity contribution in [2.45, 2.75) is 5.16 Å². The third kappa shape index (κ3) is 3.36. The van der Waals surface area contributed by atoms with Crippen LogP contribution in [0.25, 0.3) is 11.4 Å². The Balaban J connectivity index is 2.18. The SMILES string of the molecule is COC(=O)CSc1nnc(-c2ccc(Br)cc2)n1C. The van der Waals surface area contributed by atoms with Crippen LogP contribution in [0.5, 0.6) is 0 Å². The molecule has 0 N–H and O–H groups in total. The van der Waals surface area contributed by atoms with Crippen LogP contribution in [0.15, 0.2) is 33.9 Å². The molecule has 1 aromatic carbocycles. The van der Waals surface area contributed by atoms with Crippen LogP contribution < -0.4 is 0 Å². The van der Waals surface area contributed by atoms with E-state index in [1.165, 1.54) is 18.9 Å². The Morgan fingerprint density at radius 3 is 2.68 bits per heavy atom. The van der Waals surface area contributed by atoms with E-state index in [2.05, 4.69) is 30.9 Å². The van der Waals surface area contributed by atoms with E-state index in [0.29, 0.717) is 5.16 Å². The summed E-state index contributed by atoms with van der Waals surface area (Å²) >= 11 is 4.70. The third-order valence-electron chi connectivity index (χ3n) is 2.48. The van der Waals surface area contributed by atoms with Crippen molar-refractivity contribution >= 4 is 33.7 Å². The van der Waals surface area contributed by atoms with Crippen molar-refractivity contribution in [1.29, 1.82) is 0 Å². The molecule has 100 valence electrons. The predicted molar refractivity (Wildman–Crippen MR) is 76.9 cm³/mol. The average Bonchev–Trinajstić information content (AvgIpc) is 2.78. The van der Waals surface area contributed by atoms with Gasteiger partial charge in [0.2, 0.25) is 0 Å². The van der Waals surface area contributed by atoms with E-state index in [-0.39, 0.29) is 11.7 Å². The first kappa shape index (κ1) is 14.1. The Hall–Kier alpha value is -1.34. The summed E-state index contributed by atoms with van der Waals surface area (Å²) in [4.78, 5) is 11.1. The monoisotopic (exact) mass is 341 g/mol. The second kappa shape index (κ2) is 6.21. The zero-order chi connectivity index (χ0) is 13.8. The van der Waals surface area contributed by atoms with Gasteiger partial charge in [-0.2, -0.15) is 0 Å². The van der Waals surface area contributed by atoms with E-state index < -0.39 is 0 Å². The lowest BCUT2D eigenvalue weighted by Crippen LogP contribution is -2.04. The molecular weight excluding hydrogens is 330 g/mol. The Morgan fingerprint density at radius 2 is 2.05 bits per heavy atom. The molecule has 5 nitrogen and oxygen atoms in total. The molecule has 2 rings (SSSR count). The highest BCUT2D eigenvalue weighted by Gasteiger charge is 2.12. The van der Waals surface area contributed by atoms with Gasteiger partial charge in [-0.25, -0.2) is 0 Å². The van der Waals surface area contributed by atoms with Crippen molar-refractivity contribution in [3.05, 3.63) is 28.7 Å². The van der Waals surface area contributed by atoms with Gasteiger partial charge in [-0.15, -0.1) is 10.2 Å². The molecule has 0 bridgehead atoms. The quantitative estimate of drug-likeness (QED) is 0.631. The van der Waals surface area contributed by atoms with Gasteiger partial charge in [0.25, 0.3) is 0 Å². The molecule has 19 heavy (non-hydrogen) atoms. The first-order chi connectivity index (χ1) is 9.11. The molecule has 0 amide bonds. The molecule has 7 heteroatoms. The van der Waals surface area contributed by atoms with Gasteiger partial charge in [0.05, 0.1) is 12.9 Å². The summed E-state index contributed by atoms with van der Waals surface area (Å²) in [6, 6.07) is 7.82. The van der Waals surface area contributed by atoms with Gasteiger partial charge in [0.1, 0.15) is 0 Å². The van der Waals surface area contributed by atoms with Crippen molar-refractivity contribution in [1.82, 2.24) is 14.8 Å². The molecule has 0 spiro atoms. The number of thioether (sulfide) groups is 1. The van der Waals surface area contributed by atoms with Gasteiger partial charge in [-0.05, 0) is 12.1 Å². The van der Waals surface area contributed by atoms with Gasteiger partial charge in [0, 0.05) is 17.1 Å². The molecule has 0 saturated heterocycles. The van der Waals surface area contributed by atoms with E-state index in [0.717, 1.165) is 15.9 Å². The summed E-state index contributed by atoms with van der Waals surface area (Å²) in [7, 11) is 3.24. The fourth-order valence-corrected chi connectivity index (χ4v) is 2.48. The molecular formula is C12H12BrN3O2S. The second-order valence-electron chi connectivity index (χ2n) is 3.74. The maximum atomic E-state index is 11.1. The lowest BCUT2D eigenvalue weighted by Gasteiger charge is -2.03. The molecule has 1 aromatic heterocycles. The molecule has 0 atom stereocenters. The molecule has 0 aliphatic heterocycles. The van der Waals surface area contributed by atoms with Crippen molar-refractivity contribution in [2.24, 2.45) is 7.05 Å². The number of hydrogen-bond donors (Lipinski definition) is 0. The molecule has 0 aliphatic rings. The van der Waals surface area contributed by atoms with Crippen LogP contribution in [0.1, 0.15) is 0 Å². The molecule has 0 radical (unpaired) electrons. The summed E-state index contributed by atoms with van der Waals surface area (Å²) in [5, 5.41) is 8.90. The fourth-order valence-electron chi connectivity index (χ4n) is 1.47. The van der Waals surface area contributed by atoms with E-state index in [1.807, 2.05) is 35.9 Å². The number of halogens is 1. The largest absolute Gasteiger partial charge is 0.468 e. The van der Waals surface area contributed by atoms with Gasteiger partial charge >= 0.3 is 5.97 Å². The number of hydrogen-bond acceptors (Lipinski definition) is 5. The zero-order valence-corrected chi connectivity index (χ0v) is 12.9. The first-order valence-corrected chi connectivity index (χ1v) is 7.24. The third-order valence-corrected chi connectivity index (χ3v) is 4.01. The summed E-state index contributed by atoms with van der Waals surface area (Å²) in [5.41, 5.74) is 0.975. The maximum Gasteiger partial charge on any atom is 0.316 e. The maximum absolute atomic E-state index is 11.1. The number of nitrogens with zero attached hydrogens (tertiary/aromatic N) is 3. The Labute approximate surface area is 123 Å². The van der Waals surface area contributed by atoms with Crippen molar-refractivity contribution < 1.29 is 9.53 Å². The van der Waals surface area contributed by atoms with Crippen molar-refractivity contribution in [3.63, 3.8) is 0 Å². The molecule has 0 saturated carbocycles. The highest BCUT2D eigenvalue weighted by Crippen LogP contribution is 2.23. The topological polar surface area (TPSA) is 57.0 Å². The van der Waals surface area contributed by atoms with E-state index in [4.69, 9.17) is 0 Å². The lowest BCUT2D eigenvalue weighted by atomic mass is 10.2. The van der Waals surface area contributed by atoms with Gasteiger partial charge in [-0.3, -0.25) is 4.79 Å². The van der Waals surface area contributed by atoms with Crippen LogP contribution in [-0.4, -0.2) is 33.6 Å². The number of carbonyl (C=O) groups excluding carboxylic acids is 1. The van der Waals surface area contributed by atoms with Crippen molar-refractivity contribution in [3.8, 4) is 11.4 Å². The zero-order valence-electron chi connectivity index (χ0n) is 10.5. The van der Waals surface area contributed by atoms with Gasteiger partial charge in [-0.1, -0.05) is 39.8 Å². The summed E-state index contributed by atoms with van der Waals surface area (Å²) in [6.45, 7) is 0. The van der Waals surface area contributed by atoms with Gasteiger partial charge in [0.15, 0.2) is 11.0 Å².